The van der Waals surface area contributed by atoms with Crippen molar-refractivity contribution in [2.45, 2.75) is 6.04 Å². The maximum atomic E-state index is 11.3. The molecule has 0 saturated carbocycles. The second-order valence-corrected chi connectivity index (χ2v) is 5.78. The first kappa shape index (κ1) is 13.1. The van der Waals surface area contributed by atoms with E-state index in [1.54, 1.807) is 4.68 Å². The zero-order chi connectivity index (χ0) is 14.3. The monoisotopic (exact) mass is 331 g/mol. The van der Waals surface area contributed by atoms with Gasteiger partial charge in [0.25, 0.3) is 0 Å². The number of hydrogen-bond donors (Lipinski definition) is 0. The SMILES string of the molecule is CN1C=C(Br)c2cc(-c3cnn(C)c3)ccc2C1C=O. The van der Waals surface area contributed by atoms with Gasteiger partial charge in [0.1, 0.15) is 12.3 Å². The topological polar surface area (TPSA) is 38.1 Å². The average molecular weight is 332 g/mol. The van der Waals surface area contributed by atoms with Gasteiger partial charge in [0.15, 0.2) is 0 Å². The first-order valence-electron chi connectivity index (χ1n) is 6.28. The van der Waals surface area contributed by atoms with Crippen LogP contribution < -0.4 is 0 Å². The fourth-order valence-corrected chi connectivity index (χ4v) is 3.15. The highest BCUT2D eigenvalue weighted by atomic mass is 79.9. The number of likely N-dealkylation sites (N-methyl/N-ethyl adjacent to an activating group) is 1. The highest BCUT2D eigenvalue weighted by Crippen LogP contribution is 2.38. The summed E-state index contributed by atoms with van der Waals surface area (Å²) in [5.41, 5.74) is 4.24. The van der Waals surface area contributed by atoms with E-state index in [-0.39, 0.29) is 6.04 Å². The molecule has 0 aliphatic carbocycles. The van der Waals surface area contributed by atoms with Crippen molar-refractivity contribution in [1.82, 2.24) is 14.7 Å². The Morgan fingerprint density at radius 2 is 2.10 bits per heavy atom. The Labute approximate surface area is 125 Å². The standard InChI is InChI=1S/C15H14BrN3O/c1-18-8-14(16)13-5-10(11-6-17-19(2)7-11)3-4-12(13)15(18)9-20/h3-9,15H,1-2H3. The van der Waals surface area contributed by atoms with Crippen LogP contribution in [0.2, 0.25) is 0 Å². The van der Waals surface area contributed by atoms with Crippen LogP contribution in [0.4, 0.5) is 0 Å². The summed E-state index contributed by atoms with van der Waals surface area (Å²) in [5.74, 6) is 0. The fourth-order valence-electron chi connectivity index (χ4n) is 2.49. The lowest BCUT2D eigenvalue weighted by atomic mass is 9.94. The van der Waals surface area contributed by atoms with E-state index in [0.717, 1.165) is 33.0 Å². The summed E-state index contributed by atoms with van der Waals surface area (Å²) in [7, 11) is 3.80. The van der Waals surface area contributed by atoms with Crippen LogP contribution in [0.1, 0.15) is 17.2 Å². The lowest BCUT2D eigenvalue weighted by molar-refractivity contribution is -0.111. The third-order valence-electron chi connectivity index (χ3n) is 3.55. The Hall–Kier alpha value is -1.88. The third-order valence-corrected chi connectivity index (χ3v) is 4.18. The molecule has 3 rings (SSSR count). The lowest BCUT2D eigenvalue weighted by Gasteiger charge is -2.29. The number of aromatic nitrogens is 2. The van der Waals surface area contributed by atoms with Crippen LogP contribution in [0.3, 0.4) is 0 Å². The van der Waals surface area contributed by atoms with Gasteiger partial charge in [-0.3, -0.25) is 4.68 Å². The van der Waals surface area contributed by atoms with Crippen LogP contribution in [-0.4, -0.2) is 28.0 Å². The van der Waals surface area contributed by atoms with Gasteiger partial charge >= 0.3 is 0 Å². The summed E-state index contributed by atoms with van der Waals surface area (Å²) in [6, 6.07) is 5.92. The molecule has 0 spiro atoms. The Kier molecular flexibility index (Phi) is 3.22. The van der Waals surface area contributed by atoms with Gasteiger partial charge in [-0.25, -0.2) is 0 Å². The van der Waals surface area contributed by atoms with Gasteiger partial charge in [0.2, 0.25) is 0 Å². The molecule has 2 aromatic rings. The van der Waals surface area contributed by atoms with Crippen LogP contribution in [0.15, 0.2) is 36.8 Å². The maximum absolute atomic E-state index is 11.3. The quantitative estimate of drug-likeness (QED) is 0.794. The molecule has 2 heterocycles. The van der Waals surface area contributed by atoms with Gasteiger partial charge in [-0.05, 0) is 38.7 Å². The predicted molar refractivity (Wildman–Crippen MR) is 82.1 cm³/mol. The number of benzene rings is 1. The molecule has 1 unspecified atom stereocenters. The summed E-state index contributed by atoms with van der Waals surface area (Å²) >= 11 is 3.58. The summed E-state index contributed by atoms with van der Waals surface area (Å²) in [6.07, 6.45) is 6.73. The van der Waals surface area contributed by atoms with Crippen molar-refractivity contribution in [3.05, 3.63) is 47.9 Å². The number of hydrogen-bond acceptors (Lipinski definition) is 3. The van der Waals surface area contributed by atoms with Gasteiger partial charge < -0.3 is 9.69 Å². The van der Waals surface area contributed by atoms with E-state index < -0.39 is 0 Å². The summed E-state index contributed by atoms with van der Waals surface area (Å²) < 4.78 is 2.76. The minimum Gasteiger partial charge on any atom is -0.366 e. The highest BCUT2D eigenvalue weighted by Gasteiger charge is 2.24. The van der Waals surface area contributed by atoms with E-state index in [1.807, 2.05) is 49.7 Å². The lowest BCUT2D eigenvalue weighted by Crippen LogP contribution is -2.24. The molecule has 0 fully saturated rings. The molecule has 0 amide bonds. The third kappa shape index (κ3) is 2.08. The molecule has 4 nitrogen and oxygen atoms in total. The fraction of sp³-hybridized carbons (Fsp3) is 0.200. The smallest absolute Gasteiger partial charge is 0.146 e. The summed E-state index contributed by atoms with van der Waals surface area (Å²) in [4.78, 5) is 13.2. The maximum Gasteiger partial charge on any atom is 0.146 e. The number of aldehydes is 1. The van der Waals surface area contributed by atoms with Gasteiger partial charge in [0, 0.05) is 36.5 Å². The second-order valence-electron chi connectivity index (χ2n) is 4.93. The molecule has 1 aromatic carbocycles. The first-order chi connectivity index (χ1) is 9.60. The molecule has 1 aromatic heterocycles. The van der Waals surface area contributed by atoms with E-state index in [4.69, 9.17) is 0 Å². The zero-order valence-corrected chi connectivity index (χ0v) is 12.8. The van der Waals surface area contributed by atoms with Crippen LogP contribution >= 0.6 is 15.9 Å². The van der Waals surface area contributed by atoms with Gasteiger partial charge in [-0.2, -0.15) is 5.10 Å². The molecule has 0 saturated heterocycles. The van der Waals surface area contributed by atoms with Crippen molar-refractivity contribution in [3.8, 4) is 11.1 Å². The Morgan fingerprint density at radius 1 is 1.30 bits per heavy atom. The number of carbonyl (C=O) groups excluding carboxylic acids is 1. The van der Waals surface area contributed by atoms with E-state index in [0.29, 0.717) is 0 Å². The van der Waals surface area contributed by atoms with Crippen molar-refractivity contribution in [2.24, 2.45) is 7.05 Å². The number of rotatable bonds is 2. The van der Waals surface area contributed by atoms with E-state index in [2.05, 4.69) is 27.1 Å². The van der Waals surface area contributed by atoms with Gasteiger partial charge in [0.05, 0.1) is 6.20 Å². The van der Waals surface area contributed by atoms with Crippen LogP contribution in [0.25, 0.3) is 15.6 Å². The molecule has 0 N–H and O–H groups in total. The largest absolute Gasteiger partial charge is 0.366 e. The Morgan fingerprint density at radius 3 is 2.75 bits per heavy atom. The number of halogens is 1. The molecule has 1 aliphatic heterocycles. The molecular formula is C15H14BrN3O. The Balaban J connectivity index is 2.12. The first-order valence-corrected chi connectivity index (χ1v) is 7.07. The molecular weight excluding hydrogens is 318 g/mol. The predicted octanol–water partition coefficient (Wildman–Crippen LogP) is 2.97. The van der Waals surface area contributed by atoms with Crippen molar-refractivity contribution < 1.29 is 4.79 Å². The molecule has 102 valence electrons. The number of nitrogens with zero attached hydrogens (tertiary/aromatic N) is 3. The van der Waals surface area contributed by atoms with Crippen molar-refractivity contribution >= 4 is 26.7 Å². The van der Waals surface area contributed by atoms with Gasteiger partial charge in [-0.1, -0.05) is 12.1 Å². The summed E-state index contributed by atoms with van der Waals surface area (Å²) in [5, 5.41) is 4.19. The van der Waals surface area contributed by atoms with Crippen molar-refractivity contribution in [3.63, 3.8) is 0 Å². The van der Waals surface area contributed by atoms with E-state index >= 15 is 0 Å². The molecule has 0 radical (unpaired) electrons. The average Bonchev–Trinajstić information content (AvgIpc) is 2.85. The second kappa shape index (κ2) is 4.90. The van der Waals surface area contributed by atoms with E-state index in [9.17, 15) is 4.79 Å². The molecule has 20 heavy (non-hydrogen) atoms. The minimum atomic E-state index is -0.228. The highest BCUT2D eigenvalue weighted by molar-refractivity contribution is 9.15. The molecule has 5 heteroatoms. The number of fused-ring (bicyclic) bond motifs is 1. The van der Waals surface area contributed by atoms with Crippen LogP contribution in [0.5, 0.6) is 0 Å². The van der Waals surface area contributed by atoms with Crippen LogP contribution in [0, 0.1) is 0 Å². The zero-order valence-electron chi connectivity index (χ0n) is 11.2. The van der Waals surface area contributed by atoms with Gasteiger partial charge in [-0.15, -0.1) is 0 Å². The molecule has 1 aliphatic rings. The van der Waals surface area contributed by atoms with Crippen LogP contribution in [-0.2, 0) is 11.8 Å². The minimum absolute atomic E-state index is 0.228. The number of aryl methyl sites for hydroxylation is 1. The van der Waals surface area contributed by atoms with Crippen molar-refractivity contribution in [2.75, 3.05) is 7.05 Å². The summed E-state index contributed by atoms with van der Waals surface area (Å²) in [6.45, 7) is 0. The molecule has 0 bridgehead atoms. The molecule has 1 atom stereocenters. The van der Waals surface area contributed by atoms with E-state index in [1.165, 1.54) is 0 Å². The Bertz CT molecular complexity index is 705. The normalized spacial score (nSPS) is 17.6. The number of carbonyl (C=O) groups is 1. The van der Waals surface area contributed by atoms with Crippen molar-refractivity contribution in [1.29, 1.82) is 0 Å².